The van der Waals surface area contributed by atoms with E-state index in [-0.39, 0.29) is 18.9 Å². The molecule has 10 nitrogen and oxygen atoms in total. The molecule has 4 rings (SSSR count). The standard InChI is InChI=1S/C23H25N5O5S/c1-31-19-9-8-18(16-20(19)32-2)23-26-25-21-10-11-22(27-28(21)23)33-14-13-24-34(29,30)15-12-17-6-4-3-5-7-17/h3-11,16,24H,12-15H2,1-2H3. The van der Waals surface area contributed by atoms with Crippen LogP contribution < -0.4 is 18.9 Å². The van der Waals surface area contributed by atoms with Crippen LogP contribution in [0.1, 0.15) is 5.56 Å². The predicted molar refractivity (Wildman–Crippen MR) is 127 cm³/mol. The minimum Gasteiger partial charge on any atom is -0.493 e. The highest BCUT2D eigenvalue weighted by Gasteiger charge is 2.14. The molecule has 0 radical (unpaired) electrons. The Kier molecular flexibility index (Phi) is 7.24. The van der Waals surface area contributed by atoms with Crippen molar-refractivity contribution in [3.8, 4) is 28.8 Å². The fraction of sp³-hybridized carbons (Fsp3) is 0.261. The molecule has 2 heterocycles. The first-order valence-electron chi connectivity index (χ1n) is 10.6. The molecule has 34 heavy (non-hydrogen) atoms. The van der Waals surface area contributed by atoms with Gasteiger partial charge in [0.25, 0.3) is 0 Å². The van der Waals surface area contributed by atoms with Crippen LogP contribution in [0.2, 0.25) is 0 Å². The second kappa shape index (κ2) is 10.5. The molecule has 0 amide bonds. The van der Waals surface area contributed by atoms with Crippen molar-refractivity contribution in [2.75, 3.05) is 33.1 Å². The minimum atomic E-state index is -3.41. The van der Waals surface area contributed by atoms with E-state index in [1.54, 1.807) is 43.0 Å². The number of sulfonamides is 1. The normalized spacial score (nSPS) is 11.5. The van der Waals surface area contributed by atoms with Crippen LogP contribution >= 0.6 is 0 Å². The minimum absolute atomic E-state index is 0.0105. The quantitative estimate of drug-likeness (QED) is 0.323. The summed E-state index contributed by atoms with van der Waals surface area (Å²) in [5.74, 6) is 1.99. The summed E-state index contributed by atoms with van der Waals surface area (Å²) in [4.78, 5) is 0. The maximum atomic E-state index is 12.2. The molecule has 0 saturated heterocycles. The molecule has 0 unspecified atom stereocenters. The van der Waals surface area contributed by atoms with E-state index in [4.69, 9.17) is 14.2 Å². The van der Waals surface area contributed by atoms with Crippen LogP contribution in [0.25, 0.3) is 17.0 Å². The van der Waals surface area contributed by atoms with E-state index < -0.39 is 10.0 Å². The first kappa shape index (κ1) is 23.5. The van der Waals surface area contributed by atoms with Crippen LogP contribution in [0, 0.1) is 0 Å². The first-order valence-corrected chi connectivity index (χ1v) is 12.2. The van der Waals surface area contributed by atoms with E-state index in [0.717, 1.165) is 11.1 Å². The lowest BCUT2D eigenvalue weighted by atomic mass is 10.2. The Labute approximate surface area is 197 Å². The molecule has 0 bridgehead atoms. The maximum Gasteiger partial charge on any atom is 0.231 e. The van der Waals surface area contributed by atoms with Crippen molar-refractivity contribution in [3.05, 3.63) is 66.2 Å². The molecule has 1 N–H and O–H groups in total. The van der Waals surface area contributed by atoms with Crippen molar-refractivity contribution < 1.29 is 22.6 Å². The van der Waals surface area contributed by atoms with E-state index in [2.05, 4.69) is 20.0 Å². The lowest BCUT2D eigenvalue weighted by Gasteiger charge is -2.09. The van der Waals surface area contributed by atoms with E-state index in [1.165, 1.54) is 0 Å². The van der Waals surface area contributed by atoms with Crippen LogP contribution in [0.5, 0.6) is 17.4 Å². The Morgan fingerprint density at radius 3 is 2.50 bits per heavy atom. The fourth-order valence-corrected chi connectivity index (χ4v) is 4.37. The third-order valence-electron chi connectivity index (χ3n) is 5.06. The molecule has 0 atom stereocenters. The van der Waals surface area contributed by atoms with Gasteiger partial charge in [0.15, 0.2) is 23.0 Å². The lowest BCUT2D eigenvalue weighted by Crippen LogP contribution is -2.31. The van der Waals surface area contributed by atoms with Crippen molar-refractivity contribution in [2.24, 2.45) is 0 Å². The molecule has 4 aromatic rings. The van der Waals surface area contributed by atoms with Crippen LogP contribution in [0.3, 0.4) is 0 Å². The van der Waals surface area contributed by atoms with Gasteiger partial charge in [-0.25, -0.2) is 13.1 Å². The summed E-state index contributed by atoms with van der Waals surface area (Å²) in [6.07, 6.45) is 0.446. The highest BCUT2D eigenvalue weighted by Crippen LogP contribution is 2.31. The van der Waals surface area contributed by atoms with E-state index in [1.807, 2.05) is 36.4 Å². The summed E-state index contributed by atoms with van der Waals surface area (Å²) in [7, 11) is -0.286. The van der Waals surface area contributed by atoms with Gasteiger partial charge in [-0.3, -0.25) is 0 Å². The summed E-state index contributed by atoms with van der Waals surface area (Å²) < 4.78 is 44.9. The summed E-state index contributed by atoms with van der Waals surface area (Å²) in [6.45, 7) is 0.248. The van der Waals surface area contributed by atoms with Gasteiger partial charge in [-0.15, -0.1) is 15.3 Å². The number of nitrogens with one attached hydrogen (secondary N) is 1. The summed E-state index contributed by atoms with van der Waals surface area (Å²) in [5.41, 5.74) is 2.25. The van der Waals surface area contributed by atoms with Crippen molar-refractivity contribution in [2.45, 2.75) is 6.42 Å². The Morgan fingerprint density at radius 2 is 1.74 bits per heavy atom. The van der Waals surface area contributed by atoms with Gasteiger partial charge in [0.2, 0.25) is 15.9 Å². The van der Waals surface area contributed by atoms with Gasteiger partial charge in [-0.1, -0.05) is 30.3 Å². The molecule has 2 aromatic heterocycles. The second-order valence-electron chi connectivity index (χ2n) is 7.33. The number of nitrogens with zero attached hydrogens (tertiary/aromatic N) is 4. The molecule has 2 aromatic carbocycles. The third-order valence-corrected chi connectivity index (χ3v) is 6.44. The molecule has 11 heteroatoms. The summed E-state index contributed by atoms with van der Waals surface area (Å²) in [5, 5.41) is 12.8. The Morgan fingerprint density at radius 1 is 0.941 bits per heavy atom. The molecular weight excluding hydrogens is 458 g/mol. The van der Waals surface area contributed by atoms with Crippen molar-refractivity contribution >= 4 is 15.7 Å². The second-order valence-corrected chi connectivity index (χ2v) is 9.26. The smallest absolute Gasteiger partial charge is 0.231 e. The topological polar surface area (TPSA) is 117 Å². The van der Waals surface area contributed by atoms with Gasteiger partial charge in [0, 0.05) is 18.2 Å². The third kappa shape index (κ3) is 5.61. The van der Waals surface area contributed by atoms with Gasteiger partial charge in [0.1, 0.15) is 6.61 Å². The zero-order valence-corrected chi connectivity index (χ0v) is 19.7. The number of methoxy groups -OCH3 is 2. The molecule has 0 saturated carbocycles. The average molecular weight is 484 g/mol. The number of benzene rings is 2. The number of aryl methyl sites for hydroxylation is 1. The predicted octanol–water partition coefficient (Wildman–Crippen LogP) is 2.35. The highest BCUT2D eigenvalue weighted by molar-refractivity contribution is 7.89. The summed E-state index contributed by atoms with van der Waals surface area (Å²) >= 11 is 0. The maximum absolute atomic E-state index is 12.2. The monoisotopic (exact) mass is 483 g/mol. The van der Waals surface area contributed by atoms with Crippen LogP contribution in [-0.4, -0.2) is 61.4 Å². The van der Waals surface area contributed by atoms with Crippen molar-refractivity contribution in [1.82, 2.24) is 24.5 Å². The molecular formula is C23H25N5O5S. The summed E-state index contributed by atoms with van der Waals surface area (Å²) in [6, 6.07) is 18.3. The van der Waals surface area contributed by atoms with Gasteiger partial charge in [-0.05, 0) is 36.2 Å². The number of hydrogen-bond acceptors (Lipinski definition) is 8. The van der Waals surface area contributed by atoms with Crippen molar-refractivity contribution in [1.29, 1.82) is 0 Å². The van der Waals surface area contributed by atoms with Gasteiger partial charge >= 0.3 is 0 Å². The molecule has 178 valence electrons. The van der Waals surface area contributed by atoms with Crippen LogP contribution in [-0.2, 0) is 16.4 Å². The lowest BCUT2D eigenvalue weighted by molar-refractivity contribution is 0.306. The number of hydrogen-bond donors (Lipinski definition) is 1. The van der Waals surface area contributed by atoms with Crippen LogP contribution in [0.4, 0.5) is 0 Å². The van der Waals surface area contributed by atoms with Gasteiger partial charge < -0.3 is 14.2 Å². The number of aromatic nitrogens is 4. The van der Waals surface area contributed by atoms with Crippen LogP contribution in [0.15, 0.2) is 60.7 Å². The molecule has 0 aliphatic carbocycles. The number of rotatable bonds is 11. The van der Waals surface area contributed by atoms with Gasteiger partial charge in [0.05, 0.1) is 20.0 Å². The zero-order valence-electron chi connectivity index (χ0n) is 18.8. The average Bonchev–Trinajstić information content (AvgIpc) is 3.29. The van der Waals surface area contributed by atoms with Gasteiger partial charge in [-0.2, -0.15) is 4.52 Å². The Bertz CT molecular complexity index is 1360. The zero-order chi connectivity index (χ0) is 24.0. The molecule has 0 aliphatic heterocycles. The largest absolute Gasteiger partial charge is 0.493 e. The Balaban J connectivity index is 1.38. The first-order chi connectivity index (χ1) is 16.5. The van der Waals surface area contributed by atoms with E-state index >= 15 is 0 Å². The molecule has 0 fully saturated rings. The molecule has 0 spiro atoms. The van der Waals surface area contributed by atoms with E-state index in [9.17, 15) is 8.42 Å². The van der Waals surface area contributed by atoms with Crippen molar-refractivity contribution in [3.63, 3.8) is 0 Å². The van der Waals surface area contributed by atoms with E-state index in [0.29, 0.717) is 35.3 Å². The Hall–Kier alpha value is -3.70. The number of ether oxygens (including phenoxy) is 3. The fourth-order valence-electron chi connectivity index (χ4n) is 3.33. The molecule has 0 aliphatic rings. The number of fused-ring (bicyclic) bond motifs is 1. The highest BCUT2D eigenvalue weighted by atomic mass is 32.2. The SMILES string of the molecule is COc1ccc(-c2nnc3ccc(OCCNS(=O)(=O)CCc4ccccc4)nn23)cc1OC.